The van der Waals surface area contributed by atoms with Gasteiger partial charge in [0.15, 0.2) is 29.6 Å². The van der Waals surface area contributed by atoms with E-state index in [1.54, 1.807) is 35.2 Å². The Hall–Kier alpha value is -5.20. The number of likely N-dealkylation sites (tertiary alicyclic amines) is 1. The Morgan fingerprint density at radius 2 is 1.60 bits per heavy atom. The first-order valence-electron chi connectivity index (χ1n) is 15.1. The first-order valence-corrected chi connectivity index (χ1v) is 15.1. The van der Waals surface area contributed by atoms with E-state index in [2.05, 4.69) is 10.6 Å². The van der Waals surface area contributed by atoms with Crippen molar-refractivity contribution in [1.29, 1.82) is 0 Å². The molecule has 0 unspecified atom stereocenters. The number of halogens is 1. The highest BCUT2D eigenvalue weighted by Crippen LogP contribution is 2.36. The fourth-order valence-corrected chi connectivity index (χ4v) is 5.66. The van der Waals surface area contributed by atoms with Crippen LogP contribution >= 0.6 is 0 Å². The molecule has 0 aromatic heterocycles. The molecule has 0 spiro atoms. The number of nitrogens with zero attached hydrogens (tertiary/aromatic N) is 1. The van der Waals surface area contributed by atoms with Gasteiger partial charge in [0.05, 0.1) is 40.0 Å². The summed E-state index contributed by atoms with van der Waals surface area (Å²) < 4.78 is 48.4. The molecule has 4 bridgehead atoms. The number of hydrogen-bond acceptors (Lipinski definition) is 9. The molecule has 3 amide bonds. The van der Waals surface area contributed by atoms with Crippen LogP contribution < -0.4 is 39.1 Å². The van der Waals surface area contributed by atoms with Gasteiger partial charge in [0.25, 0.3) is 11.8 Å². The highest BCUT2D eigenvalue weighted by molar-refractivity contribution is 5.98. The Bertz CT molecular complexity index is 1630. The molecule has 5 rings (SSSR count). The average Bonchev–Trinajstić information content (AvgIpc) is 3.08. The lowest BCUT2D eigenvalue weighted by Gasteiger charge is -2.39. The summed E-state index contributed by atoms with van der Waals surface area (Å²) in [4.78, 5) is 41.3. The molecule has 2 aliphatic heterocycles. The van der Waals surface area contributed by atoms with E-state index in [1.165, 1.54) is 40.6 Å². The van der Waals surface area contributed by atoms with Crippen LogP contribution in [0.5, 0.6) is 34.5 Å². The molecule has 12 nitrogen and oxygen atoms in total. The van der Waals surface area contributed by atoms with Gasteiger partial charge >= 0.3 is 0 Å². The first kappa shape index (κ1) is 33.2. The normalized spacial score (nSPS) is 18.5. The number of hydrogen-bond donors (Lipinski definition) is 2. The second kappa shape index (κ2) is 14.9. The van der Waals surface area contributed by atoms with Gasteiger partial charge in [-0.05, 0) is 41.8 Å². The molecular weight excluding hydrogens is 613 g/mol. The zero-order chi connectivity index (χ0) is 33.5. The summed E-state index contributed by atoms with van der Waals surface area (Å²) in [6.07, 6.45) is 0.287. The highest BCUT2D eigenvalue weighted by atomic mass is 19.1. The van der Waals surface area contributed by atoms with Crippen molar-refractivity contribution in [2.75, 3.05) is 48.1 Å². The van der Waals surface area contributed by atoms with Gasteiger partial charge in [-0.1, -0.05) is 6.07 Å². The quantitative estimate of drug-likeness (QED) is 0.427. The monoisotopic (exact) mass is 651 g/mol. The predicted molar refractivity (Wildman–Crippen MR) is 168 cm³/mol. The SMILES string of the molecule is COc1cc(OC)c(C(=O)N2CC[C@H]3Oc4cc(F)cc(c4)CNC(=O)CCc4ccc(OC)c(c4)OCC(=O)N[C@@H]3C2)cc1OC. The van der Waals surface area contributed by atoms with E-state index in [9.17, 15) is 18.8 Å². The van der Waals surface area contributed by atoms with Gasteiger partial charge in [-0.15, -0.1) is 0 Å². The fraction of sp³-hybridized carbons (Fsp3) is 0.382. The van der Waals surface area contributed by atoms with Crippen molar-refractivity contribution in [3.63, 3.8) is 0 Å². The summed E-state index contributed by atoms with van der Waals surface area (Å²) in [6.45, 7) is 0.0884. The summed E-state index contributed by atoms with van der Waals surface area (Å²) in [5.41, 5.74) is 1.58. The van der Waals surface area contributed by atoms with Crippen molar-refractivity contribution in [2.45, 2.75) is 38.0 Å². The van der Waals surface area contributed by atoms with Crippen molar-refractivity contribution in [3.8, 4) is 34.5 Å². The van der Waals surface area contributed by atoms with E-state index in [0.29, 0.717) is 47.2 Å². The summed E-state index contributed by atoms with van der Waals surface area (Å²) in [5, 5.41) is 5.78. The molecule has 250 valence electrons. The van der Waals surface area contributed by atoms with Crippen LogP contribution in [0.1, 0.15) is 34.3 Å². The van der Waals surface area contributed by atoms with Gasteiger partial charge in [-0.2, -0.15) is 0 Å². The standard InChI is InChI=1S/C34H38FN3O9/c1-42-27-7-5-20-6-8-32(39)36-17-21-11-22(35)14-23(12-21)47-26-9-10-38(18-25(26)37-33(40)19-46-31(27)13-20)34(41)24-15-29(44-3)30(45-4)16-28(24)43-2/h5,7,11-16,25-26H,6,8-10,17-19H2,1-4H3,(H,36,39)(H,37,40)/t25-,26-/m1/s1. The topological polar surface area (TPSA) is 134 Å². The van der Waals surface area contributed by atoms with Crippen LogP contribution in [0.2, 0.25) is 0 Å². The zero-order valence-corrected chi connectivity index (χ0v) is 26.7. The van der Waals surface area contributed by atoms with Crippen LogP contribution in [0.15, 0.2) is 48.5 Å². The molecule has 3 aromatic rings. The van der Waals surface area contributed by atoms with E-state index in [4.69, 9.17) is 28.4 Å². The minimum Gasteiger partial charge on any atom is -0.496 e. The third kappa shape index (κ3) is 7.97. The lowest BCUT2D eigenvalue weighted by atomic mass is 10.00. The van der Waals surface area contributed by atoms with Gasteiger partial charge in [-0.3, -0.25) is 14.4 Å². The minimum atomic E-state index is -0.700. The zero-order valence-electron chi connectivity index (χ0n) is 26.7. The molecule has 3 aromatic carbocycles. The number of carbonyl (C=O) groups is 3. The molecule has 1 saturated heterocycles. The van der Waals surface area contributed by atoms with Crippen LogP contribution in [0.4, 0.5) is 4.39 Å². The molecule has 2 heterocycles. The Kier molecular flexibility index (Phi) is 10.5. The summed E-state index contributed by atoms with van der Waals surface area (Å²) >= 11 is 0. The number of nitrogens with one attached hydrogen (secondary N) is 2. The van der Waals surface area contributed by atoms with Crippen LogP contribution in [0.3, 0.4) is 0 Å². The number of fused-ring (bicyclic) bond motifs is 5. The molecule has 47 heavy (non-hydrogen) atoms. The fourth-order valence-electron chi connectivity index (χ4n) is 5.66. The molecule has 0 aliphatic carbocycles. The van der Waals surface area contributed by atoms with Crippen molar-refractivity contribution < 1.29 is 47.2 Å². The smallest absolute Gasteiger partial charge is 0.258 e. The molecule has 0 saturated carbocycles. The number of methoxy groups -OCH3 is 4. The Morgan fingerprint density at radius 3 is 2.34 bits per heavy atom. The van der Waals surface area contributed by atoms with Crippen LogP contribution in [-0.2, 0) is 22.6 Å². The van der Waals surface area contributed by atoms with Crippen molar-refractivity contribution in [2.24, 2.45) is 0 Å². The maximum Gasteiger partial charge on any atom is 0.258 e. The number of ether oxygens (including phenoxy) is 6. The maximum atomic E-state index is 14.7. The average molecular weight is 652 g/mol. The molecular formula is C34H38FN3O9. The van der Waals surface area contributed by atoms with Gasteiger partial charge < -0.3 is 44.0 Å². The van der Waals surface area contributed by atoms with E-state index in [-0.39, 0.29) is 55.8 Å². The van der Waals surface area contributed by atoms with E-state index >= 15 is 0 Å². The summed E-state index contributed by atoms with van der Waals surface area (Å²) in [6, 6.07) is 11.9. The summed E-state index contributed by atoms with van der Waals surface area (Å²) in [5.74, 6) is 0.510. The van der Waals surface area contributed by atoms with E-state index in [0.717, 1.165) is 5.56 Å². The number of rotatable bonds is 5. The number of carbonyl (C=O) groups excluding carboxylic acids is 3. The van der Waals surface area contributed by atoms with E-state index < -0.39 is 23.9 Å². The highest BCUT2D eigenvalue weighted by Gasteiger charge is 2.36. The number of aryl methyl sites for hydroxylation is 1. The molecule has 2 aliphatic rings. The third-order valence-corrected chi connectivity index (χ3v) is 8.05. The van der Waals surface area contributed by atoms with Crippen LogP contribution in [-0.4, -0.2) is 82.9 Å². The Balaban J connectivity index is 1.44. The predicted octanol–water partition coefficient (Wildman–Crippen LogP) is 3.28. The maximum absolute atomic E-state index is 14.7. The first-order chi connectivity index (χ1) is 22.7. The van der Waals surface area contributed by atoms with Crippen LogP contribution in [0.25, 0.3) is 0 Å². The minimum absolute atomic E-state index is 0.0732. The largest absolute Gasteiger partial charge is 0.496 e. The second-order valence-corrected chi connectivity index (χ2v) is 11.1. The van der Waals surface area contributed by atoms with Crippen molar-refractivity contribution in [1.82, 2.24) is 15.5 Å². The van der Waals surface area contributed by atoms with Crippen LogP contribution in [0, 0.1) is 5.82 Å². The lowest BCUT2D eigenvalue weighted by Crippen LogP contribution is -2.58. The van der Waals surface area contributed by atoms with Crippen molar-refractivity contribution >= 4 is 17.7 Å². The molecule has 2 atom stereocenters. The number of amides is 3. The third-order valence-electron chi connectivity index (χ3n) is 8.05. The Labute approximate surface area is 272 Å². The number of piperidine rings is 1. The molecule has 1 fully saturated rings. The van der Waals surface area contributed by atoms with Gasteiger partial charge in [0, 0.05) is 50.7 Å². The lowest BCUT2D eigenvalue weighted by molar-refractivity contribution is -0.125. The number of benzene rings is 3. The molecule has 13 heteroatoms. The van der Waals surface area contributed by atoms with Gasteiger partial charge in [0.1, 0.15) is 23.4 Å². The van der Waals surface area contributed by atoms with Gasteiger partial charge in [0.2, 0.25) is 5.91 Å². The molecule has 2 N–H and O–H groups in total. The van der Waals surface area contributed by atoms with Crippen molar-refractivity contribution in [3.05, 3.63) is 71.0 Å². The van der Waals surface area contributed by atoms with E-state index in [1.807, 2.05) is 6.07 Å². The second-order valence-electron chi connectivity index (χ2n) is 11.1. The van der Waals surface area contributed by atoms with Gasteiger partial charge in [-0.25, -0.2) is 4.39 Å². The molecule has 0 radical (unpaired) electrons. The Morgan fingerprint density at radius 1 is 0.851 bits per heavy atom. The summed E-state index contributed by atoms with van der Waals surface area (Å²) in [7, 11) is 5.90.